The van der Waals surface area contributed by atoms with Crippen LogP contribution in [0.3, 0.4) is 0 Å². The van der Waals surface area contributed by atoms with Crippen molar-refractivity contribution in [1.29, 1.82) is 0 Å². The minimum atomic E-state index is -2.57. The average Bonchev–Trinajstić information content (AvgIpc) is 3.33. The third-order valence-corrected chi connectivity index (χ3v) is 7.29. The molecule has 47 heavy (non-hydrogen) atoms. The maximum absolute atomic E-state index is 13.5. The van der Waals surface area contributed by atoms with E-state index < -0.39 is 91.4 Å². The fourth-order valence-corrected chi connectivity index (χ4v) is 5.29. The summed E-state index contributed by atoms with van der Waals surface area (Å²) in [4.78, 5) is 74.9. The lowest BCUT2D eigenvalue weighted by Crippen LogP contribution is -2.63. The first kappa shape index (κ1) is 36.6. The third kappa shape index (κ3) is 9.34. The van der Waals surface area contributed by atoms with Gasteiger partial charge in [-0.2, -0.15) is 0 Å². The number of hydrogen-bond donors (Lipinski definition) is 4. The molecule has 0 radical (unpaired) electrons. The Kier molecular flexibility index (Phi) is 12.5. The molecule has 0 saturated carbocycles. The summed E-state index contributed by atoms with van der Waals surface area (Å²) in [7, 11) is 0. The molecular weight excluding hydrogens is 622 g/mol. The molecule has 0 saturated heterocycles. The Balaban J connectivity index is 2.02. The number of alkyl carbamates (subject to hydrolysis) is 1. The van der Waals surface area contributed by atoms with Gasteiger partial charge in [-0.15, -0.1) is 0 Å². The number of benzene rings is 2. The van der Waals surface area contributed by atoms with Crippen LogP contribution >= 0.6 is 0 Å². The monoisotopic (exact) mass is 659 g/mol. The van der Waals surface area contributed by atoms with E-state index in [4.69, 9.17) is 23.7 Å². The zero-order valence-electron chi connectivity index (χ0n) is 26.2. The number of hydrogen-bond acceptors (Lipinski definition) is 14. The van der Waals surface area contributed by atoms with Crippen molar-refractivity contribution in [2.75, 3.05) is 19.8 Å². The number of rotatable bonds is 14. The van der Waals surface area contributed by atoms with E-state index in [1.165, 1.54) is 0 Å². The lowest BCUT2D eigenvalue weighted by molar-refractivity contribution is -0.189. The molecule has 1 aliphatic carbocycles. The van der Waals surface area contributed by atoms with Crippen molar-refractivity contribution in [3.05, 3.63) is 59.7 Å². The number of aliphatic hydroxyl groups is 3. The molecule has 0 heterocycles. The van der Waals surface area contributed by atoms with E-state index in [1.54, 1.807) is 0 Å². The Morgan fingerprint density at radius 3 is 1.83 bits per heavy atom. The zero-order chi connectivity index (χ0) is 34.9. The molecule has 15 heteroatoms. The standard InChI is InChI=1S/C32H37NO14/c1-17(35)44-16-32(30(41)47-20(4)38,13-27(45-18(2)36)29(46-19(3)37)28(40)26(39)14-34)33-31(42)43-15-25-23-11-7-5-9-21(23)22-10-6-8-12-24(22)25/h5-12,25-29,34,39-40H,13-16H2,1-4H3,(H,33,42). The molecule has 2 aromatic rings. The molecule has 3 rings (SSSR count). The second kappa shape index (κ2) is 16.1. The highest BCUT2D eigenvalue weighted by Crippen LogP contribution is 2.44. The number of esters is 5. The fourth-order valence-electron chi connectivity index (χ4n) is 5.29. The highest BCUT2D eigenvalue weighted by atomic mass is 16.6. The Morgan fingerprint density at radius 1 is 0.787 bits per heavy atom. The van der Waals surface area contributed by atoms with Gasteiger partial charge in [0.2, 0.25) is 0 Å². The van der Waals surface area contributed by atoms with Gasteiger partial charge in [0.25, 0.3) is 0 Å². The normalized spacial score (nSPS) is 15.7. The van der Waals surface area contributed by atoms with Gasteiger partial charge in [-0.05, 0) is 22.3 Å². The minimum Gasteiger partial charge on any atom is -0.463 e. The second-order valence-electron chi connectivity index (χ2n) is 10.9. The van der Waals surface area contributed by atoms with Crippen molar-refractivity contribution in [2.45, 2.75) is 70.0 Å². The van der Waals surface area contributed by atoms with Crippen molar-refractivity contribution < 1.29 is 67.8 Å². The number of carbonyl (C=O) groups is 6. The highest BCUT2D eigenvalue weighted by Gasteiger charge is 2.51. The van der Waals surface area contributed by atoms with Gasteiger partial charge in [0.05, 0.1) is 6.61 Å². The predicted octanol–water partition coefficient (Wildman–Crippen LogP) is 0.884. The molecule has 4 N–H and O–H groups in total. The summed E-state index contributed by atoms with van der Waals surface area (Å²) >= 11 is 0. The van der Waals surface area contributed by atoms with E-state index in [0.29, 0.717) is 0 Å². The zero-order valence-corrected chi connectivity index (χ0v) is 26.2. The predicted molar refractivity (Wildman–Crippen MR) is 159 cm³/mol. The Bertz CT molecular complexity index is 1450. The fraction of sp³-hybridized carbons (Fsp3) is 0.438. The number of nitrogens with one attached hydrogen (secondary N) is 1. The van der Waals surface area contributed by atoms with Gasteiger partial charge < -0.3 is 44.3 Å². The summed E-state index contributed by atoms with van der Waals surface area (Å²) in [6.07, 6.45) is -10.1. The van der Waals surface area contributed by atoms with Gasteiger partial charge in [-0.25, -0.2) is 9.59 Å². The van der Waals surface area contributed by atoms with Crippen LogP contribution in [0.4, 0.5) is 4.79 Å². The van der Waals surface area contributed by atoms with Crippen LogP contribution in [0.25, 0.3) is 11.1 Å². The Labute approximate surface area is 269 Å². The first-order chi connectivity index (χ1) is 22.2. The molecule has 5 unspecified atom stereocenters. The van der Waals surface area contributed by atoms with Gasteiger partial charge in [0.15, 0.2) is 11.6 Å². The minimum absolute atomic E-state index is 0.226. The first-order valence-corrected chi connectivity index (χ1v) is 14.5. The van der Waals surface area contributed by atoms with Gasteiger partial charge in [-0.1, -0.05) is 48.5 Å². The van der Waals surface area contributed by atoms with E-state index in [1.807, 2.05) is 48.5 Å². The summed E-state index contributed by atoms with van der Waals surface area (Å²) in [5.74, 6) is -6.02. The summed E-state index contributed by atoms with van der Waals surface area (Å²) in [5, 5.41) is 32.5. The van der Waals surface area contributed by atoms with E-state index in [0.717, 1.165) is 49.9 Å². The van der Waals surface area contributed by atoms with Crippen LogP contribution in [-0.4, -0.2) is 101 Å². The molecule has 0 spiro atoms. The van der Waals surface area contributed by atoms with Crippen LogP contribution in [0.5, 0.6) is 0 Å². The molecule has 0 aliphatic heterocycles. The smallest absolute Gasteiger partial charge is 0.408 e. The molecule has 1 amide bonds. The van der Waals surface area contributed by atoms with Gasteiger partial charge >= 0.3 is 35.9 Å². The molecule has 0 fully saturated rings. The summed E-state index contributed by atoms with van der Waals surface area (Å²) in [5.41, 5.74) is 1.06. The number of aliphatic hydroxyl groups excluding tert-OH is 3. The molecule has 0 bridgehead atoms. The SMILES string of the molecule is CC(=O)OCC(CC(OC(C)=O)C(OC(C)=O)C(O)C(O)CO)(NC(=O)OCC1c2ccccc2-c2ccccc21)C(=O)OC(C)=O. The molecule has 15 nitrogen and oxygen atoms in total. The van der Waals surface area contributed by atoms with Crippen LogP contribution in [0.2, 0.25) is 0 Å². The number of fused-ring (bicyclic) bond motifs is 3. The van der Waals surface area contributed by atoms with Gasteiger partial charge in [-0.3, -0.25) is 19.2 Å². The van der Waals surface area contributed by atoms with Crippen molar-refractivity contribution in [3.8, 4) is 11.1 Å². The van der Waals surface area contributed by atoms with Crippen molar-refractivity contribution in [3.63, 3.8) is 0 Å². The van der Waals surface area contributed by atoms with Crippen LogP contribution in [0, 0.1) is 0 Å². The molecule has 254 valence electrons. The number of amides is 1. The van der Waals surface area contributed by atoms with Gasteiger partial charge in [0.1, 0.15) is 31.5 Å². The third-order valence-electron chi connectivity index (χ3n) is 7.29. The lowest BCUT2D eigenvalue weighted by Gasteiger charge is -2.37. The van der Waals surface area contributed by atoms with Crippen molar-refractivity contribution >= 4 is 35.9 Å². The maximum Gasteiger partial charge on any atom is 0.408 e. The average molecular weight is 660 g/mol. The summed E-state index contributed by atoms with van der Waals surface area (Å²) in [6.45, 7) is 1.48. The van der Waals surface area contributed by atoms with E-state index in [2.05, 4.69) is 5.32 Å². The van der Waals surface area contributed by atoms with E-state index in [9.17, 15) is 44.1 Å². The maximum atomic E-state index is 13.5. The Hall–Kier alpha value is -4.86. The molecule has 2 aromatic carbocycles. The van der Waals surface area contributed by atoms with E-state index in [-0.39, 0.29) is 6.61 Å². The van der Waals surface area contributed by atoms with Crippen LogP contribution in [0.15, 0.2) is 48.5 Å². The molecular formula is C32H37NO14. The lowest BCUT2D eigenvalue weighted by atomic mass is 9.88. The van der Waals surface area contributed by atoms with Crippen molar-refractivity contribution in [1.82, 2.24) is 5.32 Å². The molecule has 0 aromatic heterocycles. The molecule has 5 atom stereocenters. The highest BCUT2D eigenvalue weighted by molar-refractivity contribution is 5.93. The van der Waals surface area contributed by atoms with Crippen molar-refractivity contribution in [2.24, 2.45) is 0 Å². The molecule has 1 aliphatic rings. The quantitative estimate of drug-likeness (QED) is 0.126. The van der Waals surface area contributed by atoms with Crippen LogP contribution in [-0.2, 0) is 47.7 Å². The second-order valence-corrected chi connectivity index (χ2v) is 10.9. The Morgan fingerprint density at radius 2 is 1.34 bits per heavy atom. The largest absolute Gasteiger partial charge is 0.463 e. The summed E-state index contributed by atoms with van der Waals surface area (Å²) in [6, 6.07) is 15.0. The van der Waals surface area contributed by atoms with E-state index >= 15 is 0 Å². The van der Waals surface area contributed by atoms with Gasteiger partial charge in [0, 0.05) is 40.0 Å². The van der Waals surface area contributed by atoms with Crippen LogP contribution < -0.4 is 5.32 Å². The number of carbonyl (C=O) groups excluding carboxylic acids is 6. The first-order valence-electron chi connectivity index (χ1n) is 14.5. The number of ether oxygens (including phenoxy) is 5. The summed E-state index contributed by atoms with van der Waals surface area (Å²) < 4.78 is 25.7. The van der Waals surface area contributed by atoms with Crippen LogP contribution in [0.1, 0.15) is 51.2 Å². The topological polar surface area (TPSA) is 221 Å².